The van der Waals surface area contributed by atoms with Gasteiger partial charge in [-0.2, -0.15) is 0 Å². The number of benzene rings is 8. The van der Waals surface area contributed by atoms with Crippen molar-refractivity contribution in [2.45, 2.75) is 0 Å². The van der Waals surface area contributed by atoms with Crippen LogP contribution in [0.15, 0.2) is 162 Å². The van der Waals surface area contributed by atoms with E-state index in [1.807, 2.05) is 36.4 Å². The second-order valence-electron chi connectivity index (χ2n) is 13.1. The van der Waals surface area contributed by atoms with Crippen LogP contribution in [-0.4, -0.2) is 9.13 Å². The molecule has 3 N–H and O–H groups in total. The Kier molecular flexibility index (Phi) is 6.33. The Morgan fingerprint density at radius 2 is 1.06 bits per heavy atom. The van der Waals surface area contributed by atoms with E-state index in [0.29, 0.717) is 27.6 Å². The molecule has 0 bridgehead atoms. The van der Waals surface area contributed by atoms with Gasteiger partial charge in [0.2, 0.25) is 0 Å². The fourth-order valence-electron chi connectivity index (χ4n) is 8.12. The van der Waals surface area contributed by atoms with Crippen LogP contribution in [0.2, 0.25) is 0 Å². The summed E-state index contributed by atoms with van der Waals surface area (Å²) in [6.07, 6.45) is 0. The van der Waals surface area contributed by atoms with Crippen LogP contribution in [0.3, 0.4) is 0 Å². The van der Waals surface area contributed by atoms with Crippen molar-refractivity contribution in [1.29, 1.82) is 5.41 Å². The molecule has 0 aliphatic rings. The van der Waals surface area contributed by atoms with Gasteiger partial charge in [0.05, 0.1) is 21.8 Å². The summed E-state index contributed by atoms with van der Waals surface area (Å²) in [5.41, 5.74) is 14.0. The van der Waals surface area contributed by atoms with Crippen LogP contribution in [0.1, 0.15) is 0 Å². The number of para-hydroxylation sites is 4. The van der Waals surface area contributed by atoms with E-state index in [4.69, 9.17) is 15.6 Å². The first-order valence-electron chi connectivity index (χ1n) is 17.1. The van der Waals surface area contributed by atoms with Gasteiger partial charge in [-0.15, -0.1) is 0 Å². The normalized spacial score (nSPS) is 11.8. The summed E-state index contributed by atoms with van der Waals surface area (Å²) in [6, 6.07) is 55.0. The number of rotatable bonds is 1. The fourth-order valence-corrected chi connectivity index (χ4v) is 8.12. The lowest BCUT2D eigenvalue weighted by atomic mass is 9.95. The number of aryl methyl sites for hydroxylation is 1. The number of nitrogens with zero attached hydrogens (tertiary/aromatic N) is 2. The Morgan fingerprint density at radius 3 is 1.88 bits per heavy atom. The van der Waals surface area contributed by atoms with Crippen molar-refractivity contribution in [2.24, 2.45) is 7.05 Å². The molecule has 0 unspecified atom stereocenters. The lowest BCUT2D eigenvalue weighted by Crippen LogP contribution is -2.05. The zero-order valence-corrected chi connectivity index (χ0v) is 27.9. The summed E-state index contributed by atoms with van der Waals surface area (Å²) in [6.45, 7) is 0. The van der Waals surface area contributed by atoms with E-state index in [0.717, 1.165) is 5.39 Å². The van der Waals surface area contributed by atoms with Crippen LogP contribution in [0.4, 0.5) is 5.69 Å². The number of nitrogens with two attached hydrogens (primary N) is 1. The van der Waals surface area contributed by atoms with Gasteiger partial charge in [0.25, 0.3) is 0 Å². The van der Waals surface area contributed by atoms with Crippen molar-refractivity contribution in [2.75, 3.05) is 5.73 Å². The second-order valence-corrected chi connectivity index (χ2v) is 13.1. The lowest BCUT2D eigenvalue weighted by Gasteiger charge is -2.10. The van der Waals surface area contributed by atoms with Crippen molar-refractivity contribution < 1.29 is 4.42 Å². The molecule has 8 aromatic carbocycles. The molecule has 5 nitrogen and oxygen atoms in total. The van der Waals surface area contributed by atoms with Gasteiger partial charge in [-0.05, 0) is 82.2 Å². The minimum atomic E-state index is 0.426. The summed E-state index contributed by atoms with van der Waals surface area (Å²) < 4.78 is 10.4. The van der Waals surface area contributed by atoms with E-state index in [1.54, 1.807) is 6.07 Å². The SMILES string of the molecule is Cn1c2ccccc2c2c3ccc4ccc5c(c6ccccc6n5-c5ccccc5)c4c3ccc21.N=c1c2ccccc2oc2cccc(N)c12. The van der Waals surface area contributed by atoms with E-state index in [-0.39, 0.29) is 0 Å². The first-order valence-corrected chi connectivity index (χ1v) is 17.1. The average molecular weight is 657 g/mol. The third-order valence-corrected chi connectivity index (χ3v) is 10.4. The molecule has 0 radical (unpaired) electrons. The lowest BCUT2D eigenvalue weighted by molar-refractivity contribution is 0.659. The maximum absolute atomic E-state index is 8.13. The Morgan fingerprint density at radius 1 is 0.451 bits per heavy atom. The van der Waals surface area contributed by atoms with Crippen LogP contribution in [-0.2, 0) is 7.05 Å². The monoisotopic (exact) mass is 656 g/mol. The van der Waals surface area contributed by atoms with Crippen LogP contribution < -0.4 is 11.1 Å². The smallest absolute Gasteiger partial charge is 0.138 e. The maximum Gasteiger partial charge on any atom is 0.138 e. The van der Waals surface area contributed by atoms with Gasteiger partial charge < -0.3 is 19.3 Å². The molecule has 0 aliphatic carbocycles. The molecule has 5 heteroatoms. The van der Waals surface area contributed by atoms with Gasteiger partial charge in [0.15, 0.2) is 0 Å². The van der Waals surface area contributed by atoms with Gasteiger partial charge in [-0.25, -0.2) is 0 Å². The van der Waals surface area contributed by atoms with Crippen LogP contribution in [0, 0.1) is 5.41 Å². The van der Waals surface area contributed by atoms with Crippen LogP contribution in [0.5, 0.6) is 0 Å². The molecule has 11 aromatic rings. The number of aromatic nitrogens is 2. The molecule has 0 fully saturated rings. The average Bonchev–Trinajstić information content (AvgIpc) is 3.67. The van der Waals surface area contributed by atoms with Gasteiger partial charge in [-0.3, -0.25) is 5.41 Å². The zero-order valence-electron chi connectivity index (χ0n) is 27.9. The molecule has 0 saturated carbocycles. The van der Waals surface area contributed by atoms with Crippen molar-refractivity contribution in [1.82, 2.24) is 9.13 Å². The predicted octanol–water partition coefficient (Wildman–Crippen LogP) is 11.4. The summed E-state index contributed by atoms with van der Waals surface area (Å²) >= 11 is 0. The maximum atomic E-state index is 8.13. The minimum Gasteiger partial charge on any atom is -0.456 e. The van der Waals surface area contributed by atoms with E-state index >= 15 is 0 Å². The summed E-state index contributed by atoms with van der Waals surface area (Å²) in [5.74, 6) is 0. The number of hydrogen-bond acceptors (Lipinski definition) is 3. The molecule has 242 valence electrons. The largest absolute Gasteiger partial charge is 0.456 e. The van der Waals surface area contributed by atoms with E-state index in [9.17, 15) is 0 Å². The standard InChI is InChI=1S/C33H22N2.C13H10N2O/c1-34-27-13-7-5-11-25(27)32-24-17-15-21-16-19-30-33(31(21)23(24)18-20-29(32)34)26-12-6-8-14-28(26)35(30)22-9-3-2-4-10-22;14-9-5-3-7-11-12(9)13(15)8-4-1-2-6-10(8)16-11/h2-20H,1H3;1-7,15H,14H2. The van der Waals surface area contributed by atoms with Gasteiger partial charge in [0, 0.05) is 56.4 Å². The van der Waals surface area contributed by atoms with Crippen LogP contribution in [0.25, 0.3) is 92.8 Å². The summed E-state index contributed by atoms with van der Waals surface area (Å²) in [4.78, 5) is 0. The van der Waals surface area contributed by atoms with Gasteiger partial charge in [-0.1, -0.05) is 97.1 Å². The molecular formula is C46H32N4O. The van der Waals surface area contributed by atoms with E-state index < -0.39 is 0 Å². The Labute approximate surface area is 292 Å². The molecule has 0 aliphatic heterocycles. The molecule has 3 heterocycles. The number of nitrogen functional groups attached to an aromatic ring is 1. The molecule has 0 atom stereocenters. The Bertz CT molecular complexity index is 3240. The molecule has 0 amide bonds. The second kappa shape index (κ2) is 11.1. The fraction of sp³-hybridized carbons (Fsp3) is 0.0217. The van der Waals surface area contributed by atoms with Crippen molar-refractivity contribution >= 4 is 92.8 Å². The topological polar surface area (TPSA) is 72.9 Å². The molecule has 0 saturated heterocycles. The summed E-state index contributed by atoms with van der Waals surface area (Å²) in [5, 5.41) is 20.5. The number of anilines is 1. The molecule has 0 spiro atoms. The van der Waals surface area contributed by atoms with E-state index in [2.05, 4.69) is 131 Å². The summed E-state index contributed by atoms with van der Waals surface area (Å²) in [7, 11) is 2.17. The number of hydrogen-bond donors (Lipinski definition) is 2. The molecule has 3 aromatic heterocycles. The third kappa shape index (κ3) is 4.25. The van der Waals surface area contributed by atoms with Gasteiger partial charge >= 0.3 is 0 Å². The third-order valence-electron chi connectivity index (χ3n) is 10.4. The highest BCUT2D eigenvalue weighted by Gasteiger charge is 2.18. The first-order chi connectivity index (χ1) is 25.1. The predicted molar refractivity (Wildman–Crippen MR) is 214 cm³/mol. The zero-order chi connectivity index (χ0) is 34.2. The number of fused-ring (bicyclic) bond motifs is 13. The highest BCUT2D eigenvalue weighted by atomic mass is 16.3. The number of nitrogens with one attached hydrogen (secondary N) is 1. The van der Waals surface area contributed by atoms with E-state index in [1.165, 1.54) is 70.8 Å². The minimum absolute atomic E-state index is 0.426. The van der Waals surface area contributed by atoms with Crippen molar-refractivity contribution in [3.63, 3.8) is 0 Å². The van der Waals surface area contributed by atoms with Gasteiger partial charge in [0.1, 0.15) is 11.2 Å². The highest BCUT2D eigenvalue weighted by molar-refractivity contribution is 6.32. The van der Waals surface area contributed by atoms with Crippen molar-refractivity contribution in [3.05, 3.63) is 163 Å². The highest BCUT2D eigenvalue weighted by Crippen LogP contribution is 2.42. The molecule has 51 heavy (non-hydrogen) atoms. The molecule has 11 rings (SSSR count). The molecular weight excluding hydrogens is 625 g/mol. The van der Waals surface area contributed by atoms with Crippen LogP contribution >= 0.6 is 0 Å². The Hall–Kier alpha value is -6.85. The quantitative estimate of drug-likeness (QED) is 0.105. The Balaban J connectivity index is 0.000000171. The van der Waals surface area contributed by atoms with Crippen molar-refractivity contribution in [3.8, 4) is 5.69 Å². The first kappa shape index (κ1) is 29.1.